The molecule has 0 spiro atoms. The fourth-order valence-corrected chi connectivity index (χ4v) is 1.92. The van der Waals surface area contributed by atoms with E-state index in [0.29, 0.717) is 0 Å². The van der Waals surface area contributed by atoms with Crippen LogP contribution in [0.2, 0.25) is 0 Å². The van der Waals surface area contributed by atoms with Crippen molar-refractivity contribution in [3.63, 3.8) is 0 Å². The van der Waals surface area contributed by atoms with Crippen LogP contribution in [0.1, 0.15) is 20.8 Å². The summed E-state index contributed by atoms with van der Waals surface area (Å²) in [6.45, 7) is 8.91. The summed E-state index contributed by atoms with van der Waals surface area (Å²) in [7, 11) is 0. The van der Waals surface area contributed by atoms with Crippen LogP contribution in [0.25, 0.3) is 0 Å². The number of rotatable bonds is 5. The average Bonchev–Trinajstić information content (AvgIpc) is 2.36. The SMILES string of the molecule is CC(CNC(=O)C(C)(C)N1CCNCC1)C(=O)O. The minimum Gasteiger partial charge on any atom is -0.481 e. The van der Waals surface area contributed by atoms with E-state index in [0.717, 1.165) is 26.2 Å². The molecule has 0 aliphatic carbocycles. The number of carboxylic acid groups (broad SMARTS) is 1. The Kier molecular flexibility index (Phi) is 5.10. The molecule has 104 valence electrons. The number of hydrogen-bond acceptors (Lipinski definition) is 4. The summed E-state index contributed by atoms with van der Waals surface area (Å²) in [6, 6.07) is 0. The quantitative estimate of drug-likeness (QED) is 0.619. The number of amides is 1. The average molecular weight is 257 g/mol. The van der Waals surface area contributed by atoms with Gasteiger partial charge in [-0.1, -0.05) is 6.92 Å². The highest BCUT2D eigenvalue weighted by Gasteiger charge is 2.35. The van der Waals surface area contributed by atoms with Crippen molar-refractivity contribution in [3.8, 4) is 0 Å². The van der Waals surface area contributed by atoms with Crippen LogP contribution in [0.15, 0.2) is 0 Å². The molecule has 6 heteroatoms. The fraction of sp³-hybridized carbons (Fsp3) is 0.833. The number of nitrogens with zero attached hydrogens (tertiary/aromatic N) is 1. The Morgan fingerprint density at radius 2 is 1.94 bits per heavy atom. The highest BCUT2D eigenvalue weighted by Crippen LogP contribution is 2.15. The largest absolute Gasteiger partial charge is 0.481 e. The first-order valence-electron chi connectivity index (χ1n) is 6.32. The molecule has 1 saturated heterocycles. The maximum absolute atomic E-state index is 12.1. The molecule has 1 rings (SSSR count). The second-order valence-electron chi connectivity index (χ2n) is 5.25. The van der Waals surface area contributed by atoms with Gasteiger partial charge in [0.15, 0.2) is 0 Å². The van der Waals surface area contributed by atoms with Crippen LogP contribution in [0.4, 0.5) is 0 Å². The maximum atomic E-state index is 12.1. The van der Waals surface area contributed by atoms with E-state index < -0.39 is 17.4 Å². The summed E-state index contributed by atoms with van der Waals surface area (Å²) in [5.41, 5.74) is -0.597. The summed E-state index contributed by atoms with van der Waals surface area (Å²) in [4.78, 5) is 24.9. The van der Waals surface area contributed by atoms with Gasteiger partial charge in [-0.2, -0.15) is 0 Å². The molecule has 0 aromatic carbocycles. The molecular formula is C12H23N3O3. The molecule has 1 aliphatic rings. The fourth-order valence-electron chi connectivity index (χ4n) is 1.92. The van der Waals surface area contributed by atoms with Gasteiger partial charge in [0.1, 0.15) is 0 Å². The zero-order chi connectivity index (χ0) is 13.8. The smallest absolute Gasteiger partial charge is 0.308 e. The Morgan fingerprint density at radius 3 is 2.44 bits per heavy atom. The second kappa shape index (κ2) is 6.15. The summed E-state index contributed by atoms with van der Waals surface area (Å²) < 4.78 is 0. The Hall–Kier alpha value is -1.14. The van der Waals surface area contributed by atoms with Crippen LogP contribution in [0.5, 0.6) is 0 Å². The van der Waals surface area contributed by atoms with E-state index in [-0.39, 0.29) is 12.5 Å². The first-order chi connectivity index (χ1) is 8.35. The van der Waals surface area contributed by atoms with Gasteiger partial charge in [-0.15, -0.1) is 0 Å². The number of carbonyl (C=O) groups is 2. The number of piperazine rings is 1. The van der Waals surface area contributed by atoms with Gasteiger partial charge < -0.3 is 15.7 Å². The minimum absolute atomic E-state index is 0.113. The van der Waals surface area contributed by atoms with Gasteiger partial charge in [-0.05, 0) is 13.8 Å². The van der Waals surface area contributed by atoms with Crippen molar-refractivity contribution in [2.24, 2.45) is 5.92 Å². The predicted molar refractivity (Wildman–Crippen MR) is 68.3 cm³/mol. The molecule has 1 amide bonds. The molecule has 18 heavy (non-hydrogen) atoms. The molecule has 1 atom stereocenters. The zero-order valence-electron chi connectivity index (χ0n) is 11.3. The van der Waals surface area contributed by atoms with Gasteiger partial charge in [-0.25, -0.2) is 0 Å². The van der Waals surface area contributed by atoms with Gasteiger partial charge in [-0.3, -0.25) is 14.5 Å². The van der Waals surface area contributed by atoms with Crippen LogP contribution >= 0.6 is 0 Å². The van der Waals surface area contributed by atoms with Gasteiger partial charge in [0.25, 0.3) is 0 Å². The van der Waals surface area contributed by atoms with Gasteiger partial charge >= 0.3 is 5.97 Å². The molecule has 0 saturated carbocycles. The van der Waals surface area contributed by atoms with E-state index in [4.69, 9.17) is 5.11 Å². The van der Waals surface area contributed by atoms with Crippen molar-refractivity contribution in [1.82, 2.24) is 15.5 Å². The topological polar surface area (TPSA) is 81.7 Å². The highest BCUT2D eigenvalue weighted by atomic mass is 16.4. The van der Waals surface area contributed by atoms with Crippen molar-refractivity contribution in [2.45, 2.75) is 26.3 Å². The van der Waals surface area contributed by atoms with E-state index in [1.165, 1.54) is 0 Å². The zero-order valence-corrected chi connectivity index (χ0v) is 11.3. The molecular weight excluding hydrogens is 234 g/mol. The van der Waals surface area contributed by atoms with E-state index >= 15 is 0 Å². The lowest BCUT2D eigenvalue weighted by Crippen LogP contribution is -2.60. The lowest BCUT2D eigenvalue weighted by atomic mass is 10.00. The molecule has 1 heterocycles. The summed E-state index contributed by atoms with van der Waals surface area (Å²) in [6.07, 6.45) is 0. The van der Waals surface area contributed by atoms with Crippen LogP contribution in [-0.2, 0) is 9.59 Å². The summed E-state index contributed by atoms with van der Waals surface area (Å²) >= 11 is 0. The van der Waals surface area contributed by atoms with E-state index in [2.05, 4.69) is 15.5 Å². The molecule has 1 aliphatic heterocycles. The lowest BCUT2D eigenvalue weighted by Gasteiger charge is -2.39. The Morgan fingerprint density at radius 1 is 1.39 bits per heavy atom. The first kappa shape index (κ1) is 14.9. The van der Waals surface area contributed by atoms with E-state index in [1.807, 2.05) is 13.8 Å². The Labute approximate surface area is 108 Å². The second-order valence-corrected chi connectivity index (χ2v) is 5.25. The van der Waals surface area contributed by atoms with Crippen molar-refractivity contribution < 1.29 is 14.7 Å². The predicted octanol–water partition coefficient (Wildman–Crippen LogP) is -0.493. The van der Waals surface area contributed by atoms with Gasteiger partial charge in [0.2, 0.25) is 5.91 Å². The third-order valence-electron chi connectivity index (χ3n) is 3.45. The molecule has 0 aromatic heterocycles. The van der Waals surface area contributed by atoms with Gasteiger partial charge in [0, 0.05) is 32.7 Å². The Bertz CT molecular complexity index is 312. The lowest BCUT2D eigenvalue weighted by molar-refractivity contribution is -0.141. The van der Waals surface area contributed by atoms with Crippen molar-refractivity contribution in [1.29, 1.82) is 0 Å². The first-order valence-corrected chi connectivity index (χ1v) is 6.32. The molecule has 0 radical (unpaired) electrons. The highest BCUT2D eigenvalue weighted by molar-refractivity contribution is 5.85. The third kappa shape index (κ3) is 3.68. The molecule has 3 N–H and O–H groups in total. The molecule has 0 aromatic rings. The summed E-state index contributed by atoms with van der Waals surface area (Å²) in [5, 5.41) is 14.7. The molecule has 1 unspecified atom stereocenters. The van der Waals surface area contributed by atoms with Crippen LogP contribution in [-0.4, -0.2) is 60.1 Å². The standard InChI is InChI=1S/C12H23N3O3/c1-9(10(16)17)8-14-11(18)12(2,3)15-6-4-13-5-7-15/h9,13H,4-8H2,1-3H3,(H,14,18)(H,16,17). The van der Waals surface area contributed by atoms with E-state index in [1.54, 1.807) is 6.92 Å². The summed E-state index contributed by atoms with van der Waals surface area (Å²) in [5.74, 6) is -1.57. The van der Waals surface area contributed by atoms with Gasteiger partial charge in [0.05, 0.1) is 11.5 Å². The normalized spacial score (nSPS) is 19.3. The van der Waals surface area contributed by atoms with Crippen LogP contribution in [0, 0.1) is 5.92 Å². The minimum atomic E-state index is -0.893. The maximum Gasteiger partial charge on any atom is 0.308 e. The molecule has 6 nitrogen and oxygen atoms in total. The molecule has 1 fully saturated rings. The third-order valence-corrected chi connectivity index (χ3v) is 3.45. The number of aliphatic carboxylic acids is 1. The van der Waals surface area contributed by atoms with E-state index in [9.17, 15) is 9.59 Å². The van der Waals surface area contributed by atoms with Crippen LogP contribution in [0.3, 0.4) is 0 Å². The van der Waals surface area contributed by atoms with Crippen molar-refractivity contribution in [2.75, 3.05) is 32.7 Å². The van der Waals surface area contributed by atoms with Crippen LogP contribution < -0.4 is 10.6 Å². The molecule has 0 bridgehead atoms. The monoisotopic (exact) mass is 257 g/mol. The Balaban J connectivity index is 2.50. The number of carbonyl (C=O) groups excluding carboxylic acids is 1. The number of nitrogens with one attached hydrogen (secondary N) is 2. The van der Waals surface area contributed by atoms with Crippen molar-refractivity contribution >= 4 is 11.9 Å². The number of hydrogen-bond donors (Lipinski definition) is 3. The van der Waals surface area contributed by atoms with Crippen molar-refractivity contribution in [3.05, 3.63) is 0 Å². The number of carboxylic acids is 1.